The van der Waals surface area contributed by atoms with E-state index in [9.17, 15) is 22.8 Å². The summed E-state index contributed by atoms with van der Waals surface area (Å²) in [5.74, 6) is -0.178. The molecular weight excluding hydrogens is 347 g/mol. The van der Waals surface area contributed by atoms with Gasteiger partial charge < -0.3 is 10.2 Å². The molecule has 0 unspecified atom stereocenters. The molecule has 2 amide bonds. The predicted octanol–water partition coefficient (Wildman–Crippen LogP) is 1.67. The Morgan fingerprint density at radius 1 is 1.12 bits per heavy atom. The fourth-order valence-electron chi connectivity index (χ4n) is 3.00. The van der Waals surface area contributed by atoms with Crippen molar-refractivity contribution in [3.05, 3.63) is 35.4 Å². The Hall–Kier alpha value is -2.09. The summed E-state index contributed by atoms with van der Waals surface area (Å²) < 4.78 is 38.3. The average molecular weight is 369 g/mol. The van der Waals surface area contributed by atoms with E-state index in [-0.39, 0.29) is 18.2 Å². The number of halogens is 3. The molecule has 0 atom stereocenters. The van der Waals surface area contributed by atoms with Crippen molar-refractivity contribution in [1.82, 2.24) is 15.1 Å². The molecule has 1 aromatic rings. The Morgan fingerprint density at radius 2 is 1.81 bits per heavy atom. The van der Waals surface area contributed by atoms with Crippen LogP contribution in [0.25, 0.3) is 0 Å². The summed E-state index contributed by atoms with van der Waals surface area (Å²) in [6, 6.07) is 5.21. The molecule has 1 heterocycles. The van der Waals surface area contributed by atoms with Gasteiger partial charge in [-0.05, 0) is 24.5 Å². The third-order valence-corrected chi connectivity index (χ3v) is 4.64. The summed E-state index contributed by atoms with van der Waals surface area (Å²) in [5.41, 5.74) is -0.384. The minimum Gasteiger partial charge on any atom is -0.352 e. The van der Waals surface area contributed by atoms with E-state index in [2.05, 4.69) is 5.32 Å². The number of nitrogens with zero attached hydrogens (tertiary/aromatic N) is 2. The number of carbonyl (C=O) groups excluding carboxylic acids is 2. The second kappa shape index (κ2) is 7.65. The Balaban J connectivity index is 1.47. The highest BCUT2D eigenvalue weighted by Crippen LogP contribution is 2.29. The number of alkyl halides is 3. The molecule has 1 N–H and O–H groups in total. The van der Waals surface area contributed by atoms with E-state index in [0.717, 1.165) is 25.0 Å². The van der Waals surface area contributed by atoms with Gasteiger partial charge in [-0.15, -0.1) is 0 Å². The average Bonchev–Trinajstić information content (AvgIpc) is 3.38. The minimum atomic E-state index is -4.41. The van der Waals surface area contributed by atoms with Gasteiger partial charge in [0.1, 0.15) is 0 Å². The maximum atomic E-state index is 12.8. The van der Waals surface area contributed by atoms with Crippen molar-refractivity contribution >= 4 is 11.8 Å². The molecule has 1 saturated heterocycles. The second-order valence-corrected chi connectivity index (χ2v) is 6.87. The molecule has 8 heteroatoms. The third kappa shape index (κ3) is 5.20. The van der Waals surface area contributed by atoms with Crippen molar-refractivity contribution in [2.75, 3.05) is 32.7 Å². The summed E-state index contributed by atoms with van der Waals surface area (Å²) in [7, 11) is 0. The first-order valence-electron chi connectivity index (χ1n) is 8.77. The number of piperazine rings is 1. The van der Waals surface area contributed by atoms with Crippen molar-refractivity contribution in [2.24, 2.45) is 0 Å². The van der Waals surface area contributed by atoms with Crippen LogP contribution in [0.3, 0.4) is 0 Å². The number of hydrogen-bond donors (Lipinski definition) is 1. The summed E-state index contributed by atoms with van der Waals surface area (Å²) in [6.45, 7) is 2.47. The molecule has 142 valence electrons. The zero-order valence-corrected chi connectivity index (χ0v) is 14.4. The van der Waals surface area contributed by atoms with Crippen molar-refractivity contribution in [1.29, 1.82) is 0 Å². The quantitative estimate of drug-likeness (QED) is 0.859. The first-order valence-corrected chi connectivity index (χ1v) is 8.77. The lowest BCUT2D eigenvalue weighted by Gasteiger charge is -2.34. The number of carbonyl (C=O) groups is 2. The van der Waals surface area contributed by atoms with Gasteiger partial charge in [-0.2, -0.15) is 13.2 Å². The molecule has 0 spiro atoms. The van der Waals surface area contributed by atoms with Crippen LogP contribution in [-0.4, -0.2) is 60.4 Å². The fourth-order valence-corrected chi connectivity index (χ4v) is 3.00. The Bertz CT molecular complexity index is 666. The number of rotatable bonds is 5. The van der Waals surface area contributed by atoms with Crippen molar-refractivity contribution in [3.63, 3.8) is 0 Å². The van der Waals surface area contributed by atoms with E-state index in [1.807, 2.05) is 4.90 Å². The Labute approximate surface area is 150 Å². The van der Waals surface area contributed by atoms with Crippen LogP contribution < -0.4 is 5.32 Å². The molecule has 1 saturated carbocycles. The molecule has 2 fully saturated rings. The van der Waals surface area contributed by atoms with Crippen LogP contribution in [0.4, 0.5) is 13.2 Å². The molecule has 1 aliphatic carbocycles. The molecular formula is C18H22F3N3O2. The van der Waals surface area contributed by atoms with Crippen molar-refractivity contribution in [3.8, 4) is 0 Å². The normalized spacial score (nSPS) is 18.7. The maximum Gasteiger partial charge on any atom is 0.416 e. The predicted molar refractivity (Wildman–Crippen MR) is 89.3 cm³/mol. The Morgan fingerprint density at radius 3 is 2.42 bits per heavy atom. The number of hydrogen-bond acceptors (Lipinski definition) is 3. The van der Waals surface area contributed by atoms with E-state index in [1.54, 1.807) is 4.90 Å². The molecule has 2 aliphatic rings. The van der Waals surface area contributed by atoms with Crippen LogP contribution in [0, 0.1) is 0 Å². The number of amides is 2. The van der Waals surface area contributed by atoms with Crippen LogP contribution in [0.5, 0.6) is 0 Å². The second-order valence-electron chi connectivity index (χ2n) is 6.87. The molecule has 5 nitrogen and oxygen atoms in total. The van der Waals surface area contributed by atoms with Gasteiger partial charge in [0, 0.05) is 32.2 Å². The summed E-state index contributed by atoms with van der Waals surface area (Å²) in [4.78, 5) is 27.8. The molecule has 1 aliphatic heterocycles. The summed E-state index contributed by atoms with van der Waals surface area (Å²) in [5, 5.41) is 2.93. The van der Waals surface area contributed by atoms with Gasteiger partial charge >= 0.3 is 6.18 Å². The number of benzene rings is 1. The van der Waals surface area contributed by atoms with Gasteiger partial charge in [0.2, 0.25) is 11.8 Å². The molecule has 1 aromatic carbocycles. The van der Waals surface area contributed by atoms with Gasteiger partial charge in [-0.3, -0.25) is 14.5 Å². The Kier molecular flexibility index (Phi) is 5.50. The zero-order chi connectivity index (χ0) is 18.7. The van der Waals surface area contributed by atoms with E-state index < -0.39 is 11.7 Å². The summed E-state index contributed by atoms with van der Waals surface area (Å²) >= 11 is 0. The van der Waals surface area contributed by atoms with Gasteiger partial charge in [-0.25, -0.2) is 0 Å². The lowest BCUT2D eigenvalue weighted by molar-refractivity contribution is -0.138. The molecule has 26 heavy (non-hydrogen) atoms. The van der Waals surface area contributed by atoms with Gasteiger partial charge in [0.05, 0.1) is 18.5 Å². The lowest BCUT2D eigenvalue weighted by atomic mass is 10.1. The van der Waals surface area contributed by atoms with Crippen LogP contribution in [0.1, 0.15) is 24.0 Å². The smallest absolute Gasteiger partial charge is 0.352 e. The molecule has 0 bridgehead atoms. The van der Waals surface area contributed by atoms with Crippen LogP contribution in [0.15, 0.2) is 24.3 Å². The molecule has 0 aromatic heterocycles. The van der Waals surface area contributed by atoms with E-state index >= 15 is 0 Å². The van der Waals surface area contributed by atoms with Crippen molar-refractivity contribution < 1.29 is 22.8 Å². The summed E-state index contributed by atoms with van der Waals surface area (Å²) in [6.07, 6.45) is -2.37. The van der Waals surface area contributed by atoms with Crippen LogP contribution >= 0.6 is 0 Å². The maximum absolute atomic E-state index is 12.8. The largest absolute Gasteiger partial charge is 0.416 e. The van der Waals surface area contributed by atoms with E-state index in [1.165, 1.54) is 12.1 Å². The van der Waals surface area contributed by atoms with E-state index in [0.29, 0.717) is 44.3 Å². The zero-order valence-electron chi connectivity index (χ0n) is 14.4. The molecule has 0 radical (unpaired) electrons. The highest BCUT2D eigenvalue weighted by atomic mass is 19.4. The van der Waals surface area contributed by atoms with Crippen molar-refractivity contribution in [2.45, 2.75) is 31.5 Å². The first-order chi connectivity index (χ1) is 12.3. The SMILES string of the molecule is O=C(CN1CCN(C(=O)Cc2cccc(C(F)(F)F)c2)CC1)NC1CC1. The van der Waals surface area contributed by atoms with Gasteiger partial charge in [0.25, 0.3) is 0 Å². The minimum absolute atomic E-state index is 0.0104. The monoisotopic (exact) mass is 369 g/mol. The lowest BCUT2D eigenvalue weighted by Crippen LogP contribution is -2.51. The highest BCUT2D eigenvalue weighted by Gasteiger charge is 2.31. The third-order valence-electron chi connectivity index (χ3n) is 4.64. The first kappa shape index (κ1) is 18.7. The highest BCUT2D eigenvalue weighted by molar-refractivity contribution is 5.79. The number of nitrogens with one attached hydrogen (secondary N) is 1. The fraction of sp³-hybridized carbons (Fsp3) is 0.556. The van der Waals surface area contributed by atoms with Gasteiger partial charge in [-0.1, -0.05) is 18.2 Å². The topological polar surface area (TPSA) is 52.7 Å². The standard InChI is InChI=1S/C18H22F3N3O2/c19-18(20,21)14-3-1-2-13(10-14)11-17(26)24-8-6-23(7-9-24)12-16(25)22-15-4-5-15/h1-3,10,15H,4-9,11-12H2,(H,22,25). The van der Waals surface area contributed by atoms with Crippen LogP contribution in [0.2, 0.25) is 0 Å². The van der Waals surface area contributed by atoms with Crippen LogP contribution in [-0.2, 0) is 22.2 Å². The molecule has 3 rings (SSSR count). The van der Waals surface area contributed by atoms with Gasteiger partial charge in [0.15, 0.2) is 0 Å². The van der Waals surface area contributed by atoms with E-state index in [4.69, 9.17) is 0 Å².